The van der Waals surface area contributed by atoms with Gasteiger partial charge < -0.3 is 0 Å². The highest BCUT2D eigenvalue weighted by Crippen LogP contribution is 2.31. The highest BCUT2D eigenvalue weighted by molar-refractivity contribution is 5.58. The molecule has 3 aromatic rings. The highest BCUT2D eigenvalue weighted by atomic mass is 16.1. The van der Waals surface area contributed by atoms with Crippen molar-refractivity contribution in [1.82, 2.24) is 14.5 Å². The predicted octanol–water partition coefficient (Wildman–Crippen LogP) is 4.84. The monoisotopic (exact) mass is 414 g/mol. The van der Waals surface area contributed by atoms with Crippen LogP contribution in [0.5, 0.6) is 0 Å². The van der Waals surface area contributed by atoms with Gasteiger partial charge in [0.2, 0.25) is 5.95 Å². The number of rotatable bonds is 4. The van der Waals surface area contributed by atoms with Crippen LogP contribution in [0, 0.1) is 6.92 Å². The van der Waals surface area contributed by atoms with Crippen LogP contribution in [0.3, 0.4) is 0 Å². The van der Waals surface area contributed by atoms with Gasteiger partial charge in [0.05, 0.1) is 19.0 Å². The standard InChI is InChI=1S/C26H30N4O/c1-20-24(17-21-11-5-2-6-12-21)25(31)30-19-28(22-13-7-3-8-14-22)18-29(26(30)27-20)23-15-9-4-10-16-23/h2,4-6,9-12,15-16,22H,3,7-8,13-14,17-19H2,1H3. The summed E-state index contributed by atoms with van der Waals surface area (Å²) in [4.78, 5) is 23.4. The topological polar surface area (TPSA) is 41.4 Å². The first-order valence-corrected chi connectivity index (χ1v) is 11.4. The van der Waals surface area contributed by atoms with Crippen molar-refractivity contribution >= 4 is 11.6 Å². The van der Waals surface area contributed by atoms with Crippen LogP contribution in [0.15, 0.2) is 65.5 Å². The molecule has 0 atom stereocenters. The van der Waals surface area contributed by atoms with E-state index in [0.29, 0.717) is 19.1 Å². The van der Waals surface area contributed by atoms with Gasteiger partial charge in [-0.25, -0.2) is 4.98 Å². The fraction of sp³-hybridized carbons (Fsp3) is 0.385. The number of nitrogens with zero attached hydrogens (tertiary/aromatic N) is 4. The quantitative estimate of drug-likeness (QED) is 0.612. The minimum absolute atomic E-state index is 0.0905. The van der Waals surface area contributed by atoms with Crippen LogP contribution in [0.1, 0.15) is 48.9 Å². The van der Waals surface area contributed by atoms with Gasteiger partial charge in [-0.2, -0.15) is 0 Å². The maximum atomic E-state index is 13.7. The summed E-state index contributed by atoms with van der Waals surface area (Å²) in [6, 6.07) is 21.1. The van der Waals surface area contributed by atoms with Crippen LogP contribution in [0.2, 0.25) is 0 Å². The third-order valence-corrected chi connectivity index (χ3v) is 6.72. The molecule has 1 saturated carbocycles. The largest absolute Gasteiger partial charge is 0.298 e. The summed E-state index contributed by atoms with van der Waals surface area (Å²) in [6.45, 7) is 3.37. The normalized spacial score (nSPS) is 17.5. The average molecular weight is 415 g/mol. The number of aryl methyl sites for hydroxylation is 1. The zero-order chi connectivity index (χ0) is 21.2. The molecule has 1 aliphatic carbocycles. The molecule has 0 spiro atoms. The molecule has 0 radical (unpaired) electrons. The van der Waals surface area contributed by atoms with Gasteiger partial charge in [-0.3, -0.25) is 19.2 Å². The molecule has 2 aromatic carbocycles. The molecule has 0 saturated heterocycles. The fourth-order valence-electron chi connectivity index (χ4n) is 4.98. The van der Waals surface area contributed by atoms with Crippen LogP contribution in [0.4, 0.5) is 11.6 Å². The molecule has 1 aromatic heterocycles. The summed E-state index contributed by atoms with van der Waals surface area (Å²) in [7, 11) is 0. The molecule has 0 unspecified atom stereocenters. The number of aromatic nitrogens is 2. The van der Waals surface area contributed by atoms with E-state index in [0.717, 1.165) is 35.1 Å². The van der Waals surface area contributed by atoms with E-state index in [1.807, 2.05) is 47.9 Å². The smallest absolute Gasteiger partial charge is 0.259 e. The van der Waals surface area contributed by atoms with Gasteiger partial charge in [0.25, 0.3) is 5.56 Å². The molecule has 0 amide bonds. The Hall–Kier alpha value is -2.92. The lowest BCUT2D eigenvalue weighted by atomic mass is 9.94. The van der Waals surface area contributed by atoms with Gasteiger partial charge in [0.1, 0.15) is 0 Å². The van der Waals surface area contributed by atoms with Gasteiger partial charge in [-0.1, -0.05) is 67.8 Å². The van der Waals surface area contributed by atoms with Gasteiger partial charge in [-0.15, -0.1) is 0 Å². The summed E-state index contributed by atoms with van der Waals surface area (Å²) < 4.78 is 1.90. The van der Waals surface area contributed by atoms with E-state index >= 15 is 0 Å². The Morgan fingerprint density at radius 1 is 0.903 bits per heavy atom. The van der Waals surface area contributed by atoms with Crippen LogP contribution in [0.25, 0.3) is 0 Å². The first-order valence-electron chi connectivity index (χ1n) is 11.4. The van der Waals surface area contributed by atoms with E-state index in [1.165, 1.54) is 32.1 Å². The minimum Gasteiger partial charge on any atom is -0.298 e. The predicted molar refractivity (Wildman–Crippen MR) is 125 cm³/mol. The summed E-state index contributed by atoms with van der Waals surface area (Å²) in [5.41, 5.74) is 3.94. The van der Waals surface area contributed by atoms with Gasteiger partial charge in [0.15, 0.2) is 0 Å². The van der Waals surface area contributed by atoms with Crippen molar-refractivity contribution in [2.24, 2.45) is 0 Å². The van der Waals surface area contributed by atoms with E-state index in [9.17, 15) is 4.79 Å². The molecule has 0 N–H and O–H groups in total. The van der Waals surface area contributed by atoms with E-state index in [4.69, 9.17) is 4.98 Å². The second kappa shape index (κ2) is 8.67. The van der Waals surface area contributed by atoms with Gasteiger partial charge in [-0.05, 0) is 37.5 Å². The number of fused-ring (bicyclic) bond motifs is 1. The molecule has 5 nitrogen and oxygen atoms in total. The number of benzene rings is 2. The lowest BCUT2D eigenvalue weighted by Gasteiger charge is -2.43. The molecule has 1 aliphatic heterocycles. The molecule has 5 heteroatoms. The van der Waals surface area contributed by atoms with Crippen molar-refractivity contribution in [3.8, 4) is 0 Å². The molecule has 160 valence electrons. The second-order valence-corrected chi connectivity index (χ2v) is 8.80. The fourth-order valence-corrected chi connectivity index (χ4v) is 4.98. The van der Waals surface area contributed by atoms with Crippen molar-refractivity contribution < 1.29 is 0 Å². The molecular formula is C26H30N4O. The van der Waals surface area contributed by atoms with E-state index < -0.39 is 0 Å². The van der Waals surface area contributed by atoms with Crippen molar-refractivity contribution in [3.63, 3.8) is 0 Å². The number of anilines is 2. The lowest BCUT2D eigenvalue weighted by Crippen LogP contribution is -2.52. The van der Waals surface area contributed by atoms with Crippen molar-refractivity contribution in [2.75, 3.05) is 11.6 Å². The van der Waals surface area contributed by atoms with E-state index in [1.54, 1.807) is 0 Å². The maximum absolute atomic E-state index is 13.7. The second-order valence-electron chi connectivity index (χ2n) is 8.80. The van der Waals surface area contributed by atoms with Gasteiger partial charge >= 0.3 is 0 Å². The van der Waals surface area contributed by atoms with E-state index in [2.05, 4.69) is 34.1 Å². The van der Waals surface area contributed by atoms with Crippen molar-refractivity contribution in [2.45, 2.75) is 58.2 Å². The maximum Gasteiger partial charge on any atom is 0.259 e. The molecule has 5 rings (SSSR count). The third kappa shape index (κ3) is 4.02. The molecule has 2 aliphatic rings. The van der Waals surface area contributed by atoms with Crippen molar-refractivity contribution in [3.05, 3.63) is 87.8 Å². The Morgan fingerprint density at radius 3 is 2.29 bits per heavy atom. The molecule has 31 heavy (non-hydrogen) atoms. The number of para-hydroxylation sites is 1. The Balaban J connectivity index is 1.58. The minimum atomic E-state index is 0.0905. The first-order chi connectivity index (χ1) is 15.2. The average Bonchev–Trinajstić information content (AvgIpc) is 2.83. The Bertz CT molecular complexity index is 1090. The third-order valence-electron chi connectivity index (χ3n) is 6.72. The lowest BCUT2D eigenvalue weighted by molar-refractivity contribution is 0.107. The summed E-state index contributed by atoms with van der Waals surface area (Å²) in [5.74, 6) is 0.762. The molecule has 2 heterocycles. The van der Waals surface area contributed by atoms with E-state index in [-0.39, 0.29) is 5.56 Å². The molecule has 1 fully saturated rings. The summed E-state index contributed by atoms with van der Waals surface area (Å²) in [6.07, 6.45) is 6.92. The Morgan fingerprint density at radius 2 is 1.58 bits per heavy atom. The summed E-state index contributed by atoms with van der Waals surface area (Å²) >= 11 is 0. The zero-order valence-electron chi connectivity index (χ0n) is 18.2. The zero-order valence-corrected chi connectivity index (χ0v) is 18.2. The first kappa shape index (κ1) is 20.0. The Kier molecular flexibility index (Phi) is 5.60. The highest BCUT2D eigenvalue weighted by Gasteiger charge is 2.32. The van der Waals surface area contributed by atoms with Crippen LogP contribution >= 0.6 is 0 Å². The van der Waals surface area contributed by atoms with Crippen molar-refractivity contribution in [1.29, 1.82) is 0 Å². The number of hydrogen-bond acceptors (Lipinski definition) is 4. The SMILES string of the molecule is Cc1nc2n(c(=O)c1Cc1ccccc1)CN(C1CCCCC1)CN2c1ccccc1. The summed E-state index contributed by atoms with van der Waals surface area (Å²) in [5, 5.41) is 0. The van der Waals surface area contributed by atoms with Gasteiger partial charge in [0, 0.05) is 23.7 Å². The molecule has 0 bridgehead atoms. The number of hydrogen-bond donors (Lipinski definition) is 0. The molecular weight excluding hydrogens is 384 g/mol. The Labute approximate surface area is 184 Å². The van der Waals surface area contributed by atoms with Crippen LogP contribution in [-0.2, 0) is 13.1 Å². The van der Waals surface area contributed by atoms with Crippen LogP contribution in [-0.4, -0.2) is 27.2 Å². The van der Waals surface area contributed by atoms with Crippen LogP contribution < -0.4 is 10.5 Å².